The number of rotatable bonds is 2. The standard InChI is InChI=1S/C16H17NO3/c18-15-9-6-12-10-13(7-8-14(12)17-15)20-16(19)11-4-2-1-3-5-11/h1-5,13H,6-10H2,(H,17,18). The molecule has 1 aromatic carbocycles. The number of carbonyl (C=O) groups excluding carboxylic acids is 2. The maximum atomic E-state index is 12.0. The lowest BCUT2D eigenvalue weighted by Crippen LogP contribution is -2.33. The number of ether oxygens (including phenoxy) is 1. The molecular weight excluding hydrogens is 254 g/mol. The Balaban J connectivity index is 1.63. The summed E-state index contributed by atoms with van der Waals surface area (Å²) in [4.78, 5) is 23.3. The van der Waals surface area contributed by atoms with Gasteiger partial charge in [-0.2, -0.15) is 0 Å². The molecule has 0 saturated carbocycles. The average molecular weight is 271 g/mol. The van der Waals surface area contributed by atoms with Crippen LogP contribution in [0.5, 0.6) is 0 Å². The van der Waals surface area contributed by atoms with Crippen molar-refractivity contribution >= 4 is 11.9 Å². The fourth-order valence-electron chi connectivity index (χ4n) is 2.78. The first-order chi connectivity index (χ1) is 9.72. The summed E-state index contributed by atoms with van der Waals surface area (Å²) < 4.78 is 5.57. The number of carbonyl (C=O) groups is 2. The molecule has 1 amide bonds. The zero-order valence-corrected chi connectivity index (χ0v) is 11.2. The molecule has 1 atom stereocenters. The molecule has 3 rings (SSSR count). The summed E-state index contributed by atoms with van der Waals surface area (Å²) in [6.45, 7) is 0. The van der Waals surface area contributed by atoms with Crippen LogP contribution in [0.25, 0.3) is 0 Å². The summed E-state index contributed by atoms with van der Waals surface area (Å²) in [5, 5.41) is 2.92. The van der Waals surface area contributed by atoms with Crippen LogP contribution in [0, 0.1) is 0 Å². The second kappa shape index (κ2) is 5.49. The van der Waals surface area contributed by atoms with Crippen molar-refractivity contribution in [2.45, 2.75) is 38.2 Å². The molecule has 4 heteroatoms. The van der Waals surface area contributed by atoms with Crippen molar-refractivity contribution in [2.24, 2.45) is 0 Å². The number of benzene rings is 1. The van der Waals surface area contributed by atoms with Gasteiger partial charge < -0.3 is 10.1 Å². The molecule has 0 fully saturated rings. The maximum Gasteiger partial charge on any atom is 0.338 e. The lowest BCUT2D eigenvalue weighted by atomic mass is 9.88. The van der Waals surface area contributed by atoms with Crippen LogP contribution in [0.2, 0.25) is 0 Å². The summed E-state index contributed by atoms with van der Waals surface area (Å²) in [5.41, 5.74) is 2.87. The first kappa shape index (κ1) is 12.9. The minimum Gasteiger partial charge on any atom is -0.458 e. The van der Waals surface area contributed by atoms with Gasteiger partial charge in [0.15, 0.2) is 0 Å². The summed E-state index contributed by atoms with van der Waals surface area (Å²) in [6.07, 6.45) is 3.56. The van der Waals surface area contributed by atoms with E-state index >= 15 is 0 Å². The third-order valence-corrected chi connectivity index (χ3v) is 3.84. The number of nitrogens with one attached hydrogen (secondary N) is 1. The average Bonchev–Trinajstić information content (AvgIpc) is 2.48. The molecule has 1 aromatic rings. The summed E-state index contributed by atoms with van der Waals surface area (Å²) in [7, 11) is 0. The van der Waals surface area contributed by atoms with E-state index in [2.05, 4.69) is 5.32 Å². The Labute approximate surface area is 117 Å². The van der Waals surface area contributed by atoms with E-state index in [0.717, 1.165) is 31.4 Å². The Morgan fingerprint density at radius 2 is 1.95 bits per heavy atom. The van der Waals surface area contributed by atoms with Gasteiger partial charge in [-0.15, -0.1) is 0 Å². The Morgan fingerprint density at radius 1 is 1.15 bits per heavy atom. The Hall–Kier alpha value is -2.10. The van der Waals surface area contributed by atoms with Crippen LogP contribution in [0.4, 0.5) is 0 Å². The van der Waals surface area contributed by atoms with Crippen LogP contribution >= 0.6 is 0 Å². The molecule has 0 radical (unpaired) electrons. The van der Waals surface area contributed by atoms with Gasteiger partial charge in [0.1, 0.15) is 6.10 Å². The van der Waals surface area contributed by atoms with E-state index in [-0.39, 0.29) is 18.0 Å². The van der Waals surface area contributed by atoms with Crippen LogP contribution in [0.1, 0.15) is 42.5 Å². The van der Waals surface area contributed by atoms with Gasteiger partial charge in [-0.3, -0.25) is 4.79 Å². The van der Waals surface area contributed by atoms with Gasteiger partial charge in [0.05, 0.1) is 5.56 Å². The second-order valence-corrected chi connectivity index (χ2v) is 5.27. The van der Waals surface area contributed by atoms with Crippen molar-refractivity contribution in [2.75, 3.05) is 0 Å². The highest BCUT2D eigenvalue weighted by molar-refractivity contribution is 5.89. The van der Waals surface area contributed by atoms with Gasteiger partial charge in [0.2, 0.25) is 5.91 Å². The fourth-order valence-corrected chi connectivity index (χ4v) is 2.78. The van der Waals surface area contributed by atoms with Crippen LogP contribution in [-0.4, -0.2) is 18.0 Å². The van der Waals surface area contributed by atoms with Crippen LogP contribution < -0.4 is 5.32 Å². The van der Waals surface area contributed by atoms with E-state index < -0.39 is 0 Å². The van der Waals surface area contributed by atoms with Gasteiger partial charge >= 0.3 is 5.97 Å². The number of amides is 1. The Morgan fingerprint density at radius 3 is 2.75 bits per heavy atom. The highest BCUT2D eigenvalue weighted by atomic mass is 16.5. The largest absolute Gasteiger partial charge is 0.458 e. The summed E-state index contributed by atoms with van der Waals surface area (Å²) in [5.74, 6) is -0.164. The third kappa shape index (κ3) is 2.74. The number of hydrogen-bond acceptors (Lipinski definition) is 3. The van der Waals surface area contributed by atoms with E-state index in [9.17, 15) is 9.59 Å². The zero-order valence-electron chi connectivity index (χ0n) is 11.2. The number of allylic oxidation sites excluding steroid dienone is 1. The molecule has 0 aromatic heterocycles. The normalized spacial score (nSPS) is 22.0. The van der Waals surface area contributed by atoms with Crippen LogP contribution in [0.3, 0.4) is 0 Å². The number of esters is 1. The zero-order chi connectivity index (χ0) is 13.9. The predicted octanol–water partition coefficient (Wildman–Crippen LogP) is 2.56. The van der Waals surface area contributed by atoms with Gasteiger partial charge in [0.25, 0.3) is 0 Å². The van der Waals surface area contributed by atoms with Crippen molar-refractivity contribution in [1.29, 1.82) is 0 Å². The summed E-state index contributed by atoms with van der Waals surface area (Å²) in [6, 6.07) is 9.05. The highest BCUT2D eigenvalue weighted by Gasteiger charge is 2.27. The van der Waals surface area contributed by atoms with Crippen molar-refractivity contribution in [1.82, 2.24) is 5.32 Å². The quantitative estimate of drug-likeness (QED) is 0.841. The van der Waals surface area contributed by atoms with Crippen LogP contribution in [0.15, 0.2) is 41.6 Å². The van der Waals surface area contributed by atoms with Crippen molar-refractivity contribution in [3.8, 4) is 0 Å². The predicted molar refractivity (Wildman–Crippen MR) is 73.9 cm³/mol. The molecule has 0 saturated heterocycles. The Kier molecular flexibility index (Phi) is 3.54. The van der Waals surface area contributed by atoms with E-state index in [1.807, 2.05) is 18.2 Å². The first-order valence-electron chi connectivity index (χ1n) is 6.99. The molecule has 20 heavy (non-hydrogen) atoms. The third-order valence-electron chi connectivity index (χ3n) is 3.84. The highest BCUT2D eigenvalue weighted by Crippen LogP contribution is 2.31. The molecule has 2 aliphatic rings. The molecule has 1 unspecified atom stereocenters. The topological polar surface area (TPSA) is 55.4 Å². The molecular formula is C16H17NO3. The molecule has 1 heterocycles. The minimum absolute atomic E-state index is 0.0727. The van der Waals surface area contributed by atoms with Gasteiger partial charge in [0, 0.05) is 18.5 Å². The molecule has 1 aliphatic heterocycles. The number of hydrogen-bond donors (Lipinski definition) is 1. The van der Waals surface area contributed by atoms with E-state index in [1.54, 1.807) is 12.1 Å². The van der Waals surface area contributed by atoms with Crippen molar-refractivity contribution in [3.05, 3.63) is 47.2 Å². The Bertz CT molecular complexity index is 562. The summed E-state index contributed by atoms with van der Waals surface area (Å²) >= 11 is 0. The smallest absolute Gasteiger partial charge is 0.338 e. The fraction of sp³-hybridized carbons (Fsp3) is 0.375. The van der Waals surface area contributed by atoms with E-state index in [4.69, 9.17) is 4.74 Å². The lowest BCUT2D eigenvalue weighted by Gasteiger charge is -2.30. The van der Waals surface area contributed by atoms with Crippen LogP contribution in [-0.2, 0) is 9.53 Å². The molecule has 1 aliphatic carbocycles. The lowest BCUT2D eigenvalue weighted by molar-refractivity contribution is -0.121. The molecule has 0 bridgehead atoms. The molecule has 0 spiro atoms. The van der Waals surface area contributed by atoms with Gasteiger partial charge in [-0.1, -0.05) is 18.2 Å². The SMILES string of the molecule is O=C1CCC2=C(CCC(OC(=O)c3ccccc3)C2)N1. The molecule has 104 valence electrons. The molecule has 1 N–H and O–H groups in total. The first-order valence-corrected chi connectivity index (χ1v) is 6.99. The van der Waals surface area contributed by atoms with Gasteiger partial charge in [-0.05, 0) is 37.0 Å². The molecule has 4 nitrogen and oxygen atoms in total. The van der Waals surface area contributed by atoms with Gasteiger partial charge in [-0.25, -0.2) is 4.79 Å². The van der Waals surface area contributed by atoms with E-state index in [1.165, 1.54) is 5.57 Å². The second-order valence-electron chi connectivity index (χ2n) is 5.27. The van der Waals surface area contributed by atoms with E-state index in [0.29, 0.717) is 12.0 Å². The van der Waals surface area contributed by atoms with Crippen molar-refractivity contribution < 1.29 is 14.3 Å². The minimum atomic E-state index is -0.264. The van der Waals surface area contributed by atoms with Crippen molar-refractivity contribution in [3.63, 3.8) is 0 Å². The maximum absolute atomic E-state index is 12.0. The monoisotopic (exact) mass is 271 g/mol.